The Morgan fingerprint density at radius 1 is 1.12 bits per heavy atom. The van der Waals surface area contributed by atoms with E-state index < -0.39 is 12.2 Å². The fraction of sp³-hybridized carbons (Fsp3) is 0.158. The van der Waals surface area contributed by atoms with Gasteiger partial charge in [0.25, 0.3) is 5.91 Å². The molecule has 132 valence electrons. The smallest absolute Gasteiger partial charge is 0.269 e. The Kier molecular flexibility index (Phi) is 4.26. The van der Waals surface area contributed by atoms with Crippen LogP contribution in [0.5, 0.6) is 11.5 Å². The molecule has 2 atom stereocenters. The van der Waals surface area contributed by atoms with Crippen LogP contribution in [0.3, 0.4) is 0 Å². The summed E-state index contributed by atoms with van der Waals surface area (Å²) in [6, 6.07) is 14.3. The molecule has 1 aliphatic rings. The normalized spacial score (nSPS) is 18.4. The first-order valence-corrected chi connectivity index (χ1v) is 8.53. The van der Waals surface area contributed by atoms with Crippen LogP contribution in [-0.4, -0.2) is 27.9 Å². The highest BCUT2D eigenvalue weighted by Gasteiger charge is 2.34. The molecule has 3 aromatic rings. The number of carbonyl (C=O) groups excluding carboxylic acids is 1. The van der Waals surface area contributed by atoms with Crippen molar-refractivity contribution < 1.29 is 14.3 Å². The van der Waals surface area contributed by atoms with Gasteiger partial charge in [-0.1, -0.05) is 29.8 Å². The second kappa shape index (κ2) is 6.72. The number of nitrogens with zero attached hydrogens (tertiary/aromatic N) is 2. The first-order valence-electron chi connectivity index (χ1n) is 8.15. The Morgan fingerprint density at radius 2 is 1.88 bits per heavy atom. The van der Waals surface area contributed by atoms with Gasteiger partial charge in [0.05, 0.1) is 10.7 Å². The molecule has 0 spiro atoms. The number of fused-ring (bicyclic) bond motifs is 1. The van der Waals surface area contributed by atoms with Gasteiger partial charge in [-0.15, -0.1) is 0 Å². The summed E-state index contributed by atoms with van der Waals surface area (Å²) < 4.78 is 13.3. The molecule has 0 saturated carbocycles. The number of nitrogens with one attached hydrogen (secondary N) is 1. The Bertz CT molecular complexity index is 943. The molecule has 0 unspecified atom stereocenters. The highest BCUT2D eigenvalue weighted by molar-refractivity contribution is 6.33. The van der Waals surface area contributed by atoms with Gasteiger partial charge in [0.2, 0.25) is 6.10 Å². The van der Waals surface area contributed by atoms with Gasteiger partial charge in [-0.05, 0) is 37.3 Å². The molecule has 1 aromatic heterocycles. The Labute approximate surface area is 155 Å². The van der Waals surface area contributed by atoms with Crippen molar-refractivity contribution in [1.82, 2.24) is 9.78 Å². The van der Waals surface area contributed by atoms with Gasteiger partial charge >= 0.3 is 0 Å². The molecule has 0 radical (unpaired) electrons. The van der Waals surface area contributed by atoms with Crippen LogP contribution < -0.4 is 14.8 Å². The summed E-state index contributed by atoms with van der Waals surface area (Å²) >= 11 is 6.32. The lowest BCUT2D eigenvalue weighted by Gasteiger charge is -2.31. The zero-order valence-corrected chi connectivity index (χ0v) is 14.7. The van der Waals surface area contributed by atoms with Crippen molar-refractivity contribution in [3.8, 4) is 17.2 Å². The summed E-state index contributed by atoms with van der Waals surface area (Å²) in [5.74, 6) is 0.857. The quantitative estimate of drug-likeness (QED) is 0.764. The SMILES string of the molecule is C[C@@H]1Oc2ccccc2O[C@@H]1C(=O)Nc1cccc(Cl)c1-n1cccn1. The van der Waals surface area contributed by atoms with E-state index >= 15 is 0 Å². The number of halogens is 1. The van der Waals surface area contributed by atoms with E-state index in [0.717, 1.165) is 0 Å². The van der Waals surface area contributed by atoms with Crippen LogP contribution in [0.4, 0.5) is 5.69 Å². The number of rotatable bonds is 3. The van der Waals surface area contributed by atoms with E-state index in [1.165, 1.54) is 0 Å². The molecule has 4 rings (SSSR count). The summed E-state index contributed by atoms with van der Waals surface area (Å²) in [6.45, 7) is 1.80. The number of benzene rings is 2. The monoisotopic (exact) mass is 369 g/mol. The number of para-hydroxylation sites is 3. The van der Waals surface area contributed by atoms with E-state index in [9.17, 15) is 4.79 Å². The molecule has 7 heteroatoms. The third kappa shape index (κ3) is 2.99. The van der Waals surface area contributed by atoms with Crippen molar-refractivity contribution in [3.05, 3.63) is 65.9 Å². The molecular weight excluding hydrogens is 354 g/mol. The van der Waals surface area contributed by atoms with Crippen LogP contribution in [-0.2, 0) is 4.79 Å². The van der Waals surface area contributed by atoms with Gasteiger partial charge in [0.1, 0.15) is 11.8 Å². The van der Waals surface area contributed by atoms with Crippen LogP contribution in [0.15, 0.2) is 60.9 Å². The lowest BCUT2D eigenvalue weighted by Crippen LogP contribution is -2.46. The first kappa shape index (κ1) is 16.5. The first-order chi connectivity index (χ1) is 12.6. The lowest BCUT2D eigenvalue weighted by molar-refractivity contribution is -0.128. The maximum atomic E-state index is 12.8. The average molecular weight is 370 g/mol. The van der Waals surface area contributed by atoms with Gasteiger partial charge in [-0.3, -0.25) is 4.79 Å². The standard InChI is InChI=1S/C19H16ClN3O3/c1-12-18(26-16-9-3-2-8-15(16)25-12)19(24)22-14-7-4-6-13(20)17(14)23-11-5-10-21-23/h2-12,18H,1H3,(H,22,24)/t12-,18-/m0/s1. The molecule has 2 heterocycles. The molecule has 1 aliphatic heterocycles. The fourth-order valence-electron chi connectivity index (χ4n) is 2.86. The molecule has 6 nitrogen and oxygen atoms in total. The van der Waals surface area contributed by atoms with Crippen molar-refractivity contribution in [2.45, 2.75) is 19.1 Å². The maximum Gasteiger partial charge on any atom is 0.269 e. The summed E-state index contributed by atoms with van der Waals surface area (Å²) in [5.41, 5.74) is 1.14. The minimum atomic E-state index is -0.783. The number of hydrogen-bond acceptors (Lipinski definition) is 4. The van der Waals surface area contributed by atoms with Crippen molar-refractivity contribution in [2.24, 2.45) is 0 Å². The topological polar surface area (TPSA) is 65.4 Å². The number of amides is 1. The molecule has 0 saturated heterocycles. The van der Waals surface area contributed by atoms with E-state index in [1.807, 2.05) is 18.2 Å². The van der Waals surface area contributed by atoms with Crippen LogP contribution in [0, 0.1) is 0 Å². The van der Waals surface area contributed by atoms with Gasteiger partial charge in [-0.2, -0.15) is 5.10 Å². The largest absolute Gasteiger partial charge is 0.482 e. The third-order valence-electron chi connectivity index (χ3n) is 4.08. The molecular formula is C19H16ClN3O3. The number of hydrogen-bond donors (Lipinski definition) is 1. The van der Waals surface area contributed by atoms with E-state index in [0.29, 0.717) is 27.9 Å². The van der Waals surface area contributed by atoms with Gasteiger partial charge < -0.3 is 14.8 Å². The molecule has 26 heavy (non-hydrogen) atoms. The van der Waals surface area contributed by atoms with Crippen LogP contribution in [0.1, 0.15) is 6.92 Å². The highest BCUT2D eigenvalue weighted by Crippen LogP contribution is 2.34. The van der Waals surface area contributed by atoms with Gasteiger partial charge in [-0.25, -0.2) is 4.68 Å². The van der Waals surface area contributed by atoms with Crippen LogP contribution >= 0.6 is 11.6 Å². The van der Waals surface area contributed by atoms with Crippen molar-refractivity contribution >= 4 is 23.2 Å². The second-order valence-electron chi connectivity index (χ2n) is 5.88. The summed E-state index contributed by atoms with van der Waals surface area (Å²) in [5, 5.41) is 7.56. The molecule has 0 bridgehead atoms. The minimum Gasteiger partial charge on any atom is -0.482 e. The summed E-state index contributed by atoms with van der Waals surface area (Å²) in [6.07, 6.45) is 2.19. The Balaban J connectivity index is 1.61. The zero-order chi connectivity index (χ0) is 18.1. The van der Waals surface area contributed by atoms with E-state index in [-0.39, 0.29) is 5.91 Å². The number of ether oxygens (including phenoxy) is 2. The molecule has 2 aromatic carbocycles. The average Bonchev–Trinajstić information content (AvgIpc) is 3.15. The molecule has 0 aliphatic carbocycles. The van der Waals surface area contributed by atoms with E-state index in [2.05, 4.69) is 10.4 Å². The highest BCUT2D eigenvalue weighted by atomic mass is 35.5. The lowest BCUT2D eigenvalue weighted by atomic mass is 10.1. The summed E-state index contributed by atoms with van der Waals surface area (Å²) in [7, 11) is 0. The summed E-state index contributed by atoms with van der Waals surface area (Å²) in [4.78, 5) is 12.8. The van der Waals surface area contributed by atoms with Crippen LogP contribution in [0.2, 0.25) is 5.02 Å². The third-order valence-corrected chi connectivity index (χ3v) is 4.38. The van der Waals surface area contributed by atoms with Crippen molar-refractivity contribution in [3.63, 3.8) is 0 Å². The van der Waals surface area contributed by atoms with E-state index in [1.54, 1.807) is 54.3 Å². The molecule has 1 N–H and O–H groups in total. The van der Waals surface area contributed by atoms with Gasteiger partial charge in [0.15, 0.2) is 11.5 Å². The van der Waals surface area contributed by atoms with Crippen LogP contribution in [0.25, 0.3) is 5.69 Å². The number of aromatic nitrogens is 2. The fourth-order valence-corrected chi connectivity index (χ4v) is 3.12. The maximum absolute atomic E-state index is 12.8. The number of anilines is 1. The van der Waals surface area contributed by atoms with Crippen molar-refractivity contribution in [2.75, 3.05) is 5.32 Å². The Hall–Kier alpha value is -2.99. The Morgan fingerprint density at radius 3 is 2.62 bits per heavy atom. The predicted molar refractivity (Wildman–Crippen MR) is 98.2 cm³/mol. The van der Waals surface area contributed by atoms with Gasteiger partial charge in [0, 0.05) is 12.4 Å². The predicted octanol–water partition coefficient (Wildman–Crippen LogP) is 3.69. The molecule has 1 amide bonds. The zero-order valence-electron chi connectivity index (χ0n) is 13.9. The molecule has 0 fully saturated rings. The number of carbonyl (C=O) groups is 1. The second-order valence-corrected chi connectivity index (χ2v) is 6.29. The minimum absolute atomic E-state index is 0.317. The van der Waals surface area contributed by atoms with Crippen molar-refractivity contribution in [1.29, 1.82) is 0 Å². The van der Waals surface area contributed by atoms with E-state index in [4.69, 9.17) is 21.1 Å².